The van der Waals surface area contributed by atoms with Gasteiger partial charge in [0.2, 0.25) is 5.91 Å². The van der Waals surface area contributed by atoms with Gasteiger partial charge in [0.25, 0.3) is 5.56 Å². The zero-order valence-electron chi connectivity index (χ0n) is 12.0. The lowest BCUT2D eigenvalue weighted by Gasteiger charge is -2.09. The van der Waals surface area contributed by atoms with Gasteiger partial charge in [-0.15, -0.1) is 0 Å². The first-order valence-electron chi connectivity index (χ1n) is 6.83. The number of hydrogen-bond acceptors (Lipinski definition) is 3. The van der Waals surface area contributed by atoms with Crippen molar-refractivity contribution in [3.8, 4) is 0 Å². The van der Waals surface area contributed by atoms with E-state index in [-0.39, 0.29) is 18.0 Å². The van der Waals surface area contributed by atoms with Crippen LogP contribution in [0.3, 0.4) is 0 Å². The molecule has 3 N–H and O–H groups in total. The van der Waals surface area contributed by atoms with Gasteiger partial charge in [-0.1, -0.05) is 24.3 Å². The number of anilines is 1. The zero-order valence-corrected chi connectivity index (χ0v) is 12.0. The van der Waals surface area contributed by atoms with Gasteiger partial charge in [-0.25, -0.2) is 0 Å². The first-order valence-corrected chi connectivity index (χ1v) is 6.83. The molecule has 1 aromatic heterocycles. The van der Waals surface area contributed by atoms with Gasteiger partial charge in [0.1, 0.15) is 6.54 Å². The maximum absolute atomic E-state index is 11.8. The number of carbonyl (C=O) groups excluding carboxylic acids is 1. The van der Waals surface area contributed by atoms with Gasteiger partial charge >= 0.3 is 0 Å². The minimum atomic E-state index is -0.238. The molecule has 0 radical (unpaired) electrons. The van der Waals surface area contributed by atoms with Crippen LogP contribution in [-0.2, 0) is 17.8 Å². The third-order valence-electron chi connectivity index (χ3n) is 3.30. The number of amides is 1. The summed E-state index contributed by atoms with van der Waals surface area (Å²) in [5, 5.41) is 2.81. The number of nitrogens with one attached hydrogen (secondary N) is 1. The maximum Gasteiger partial charge on any atom is 0.251 e. The van der Waals surface area contributed by atoms with E-state index in [2.05, 4.69) is 5.32 Å². The fraction of sp³-hybridized carbons (Fsp3) is 0.250. The molecular weight excluding hydrogens is 266 g/mol. The fourth-order valence-electron chi connectivity index (χ4n) is 2.11. The van der Waals surface area contributed by atoms with Crippen molar-refractivity contribution in [1.29, 1.82) is 0 Å². The first kappa shape index (κ1) is 14.8. The minimum absolute atomic E-state index is 0.0162. The number of hydrogen-bond donors (Lipinski definition) is 2. The Hall–Kier alpha value is -2.56. The van der Waals surface area contributed by atoms with Crippen molar-refractivity contribution in [3.05, 3.63) is 64.1 Å². The van der Waals surface area contributed by atoms with Crippen LogP contribution in [0.4, 0.5) is 5.69 Å². The second kappa shape index (κ2) is 6.74. The number of nitrogens with two attached hydrogens (primary N) is 1. The number of pyridine rings is 1. The van der Waals surface area contributed by atoms with Crippen LogP contribution in [0.2, 0.25) is 0 Å². The maximum atomic E-state index is 11.8. The summed E-state index contributed by atoms with van der Waals surface area (Å²) in [6.07, 6.45) is 2.24. The summed E-state index contributed by atoms with van der Waals surface area (Å²) >= 11 is 0. The van der Waals surface area contributed by atoms with Crippen molar-refractivity contribution >= 4 is 11.6 Å². The van der Waals surface area contributed by atoms with Crippen LogP contribution in [0, 0.1) is 6.92 Å². The summed E-state index contributed by atoms with van der Waals surface area (Å²) < 4.78 is 1.30. The van der Waals surface area contributed by atoms with E-state index in [0.29, 0.717) is 12.2 Å². The molecule has 0 aliphatic heterocycles. The van der Waals surface area contributed by atoms with Gasteiger partial charge in [0, 0.05) is 24.5 Å². The zero-order chi connectivity index (χ0) is 15.2. The van der Waals surface area contributed by atoms with Gasteiger partial charge in [-0.05, 0) is 30.5 Å². The molecule has 0 spiro atoms. The van der Waals surface area contributed by atoms with Crippen molar-refractivity contribution in [1.82, 2.24) is 9.88 Å². The number of rotatable bonds is 5. The molecule has 5 heteroatoms. The van der Waals surface area contributed by atoms with Gasteiger partial charge in [-0.2, -0.15) is 0 Å². The average molecular weight is 285 g/mol. The average Bonchev–Trinajstić information content (AvgIpc) is 2.45. The van der Waals surface area contributed by atoms with E-state index < -0.39 is 0 Å². The number of aryl methyl sites for hydroxylation is 1. The van der Waals surface area contributed by atoms with Crippen LogP contribution in [0.15, 0.2) is 47.4 Å². The van der Waals surface area contributed by atoms with E-state index in [0.717, 1.165) is 6.42 Å². The molecule has 0 aliphatic carbocycles. The summed E-state index contributed by atoms with van der Waals surface area (Å²) in [6.45, 7) is 2.57. The molecule has 1 amide bonds. The van der Waals surface area contributed by atoms with Crippen LogP contribution in [-0.4, -0.2) is 17.0 Å². The largest absolute Gasteiger partial charge is 0.398 e. The Bertz CT molecular complexity index is 692. The molecule has 1 aromatic carbocycles. The van der Waals surface area contributed by atoms with E-state index in [1.54, 1.807) is 0 Å². The molecule has 110 valence electrons. The monoisotopic (exact) mass is 285 g/mol. The smallest absolute Gasteiger partial charge is 0.251 e. The molecular formula is C16H19N3O2. The number of benzene rings is 1. The number of nitrogen functional groups attached to an aromatic ring is 1. The van der Waals surface area contributed by atoms with Crippen LogP contribution < -0.4 is 16.6 Å². The molecule has 0 atom stereocenters. The third kappa shape index (κ3) is 4.21. The molecule has 0 unspecified atom stereocenters. The fourth-order valence-corrected chi connectivity index (χ4v) is 2.11. The van der Waals surface area contributed by atoms with Crippen LogP contribution >= 0.6 is 0 Å². The third-order valence-corrected chi connectivity index (χ3v) is 3.30. The molecule has 2 aromatic rings. The highest BCUT2D eigenvalue weighted by atomic mass is 16.2. The van der Waals surface area contributed by atoms with Gasteiger partial charge in [0.15, 0.2) is 0 Å². The Morgan fingerprint density at radius 3 is 2.76 bits per heavy atom. The first-order chi connectivity index (χ1) is 10.1. The van der Waals surface area contributed by atoms with Gasteiger partial charge < -0.3 is 15.6 Å². The van der Waals surface area contributed by atoms with Gasteiger partial charge in [0.05, 0.1) is 0 Å². The summed E-state index contributed by atoms with van der Waals surface area (Å²) in [6, 6.07) is 10.9. The molecule has 1 heterocycles. The van der Waals surface area contributed by atoms with E-state index in [1.807, 2.05) is 31.2 Å². The Balaban J connectivity index is 1.87. The molecule has 21 heavy (non-hydrogen) atoms. The molecule has 0 saturated heterocycles. The van der Waals surface area contributed by atoms with Crippen molar-refractivity contribution in [2.24, 2.45) is 0 Å². The van der Waals surface area contributed by atoms with Crippen LogP contribution in [0.1, 0.15) is 11.1 Å². The standard InChI is InChI=1S/C16H19N3O2/c1-12-4-2-3-5-13(12)8-9-18-15(20)11-19-10-14(17)6-7-16(19)21/h2-7,10H,8-9,11,17H2,1H3,(H,18,20). The normalized spacial score (nSPS) is 10.3. The minimum Gasteiger partial charge on any atom is -0.398 e. The van der Waals surface area contributed by atoms with Crippen molar-refractivity contribution in [2.75, 3.05) is 12.3 Å². The molecule has 0 bridgehead atoms. The predicted octanol–water partition coefficient (Wildman–Crippen LogP) is 1.10. The predicted molar refractivity (Wildman–Crippen MR) is 83.0 cm³/mol. The highest BCUT2D eigenvalue weighted by molar-refractivity contribution is 5.75. The topological polar surface area (TPSA) is 77.1 Å². The second-order valence-electron chi connectivity index (χ2n) is 4.96. The van der Waals surface area contributed by atoms with E-state index in [4.69, 9.17) is 5.73 Å². The lowest BCUT2D eigenvalue weighted by Crippen LogP contribution is -2.33. The number of aromatic nitrogens is 1. The number of nitrogens with zero attached hydrogens (tertiary/aromatic N) is 1. The Morgan fingerprint density at radius 2 is 2.00 bits per heavy atom. The Labute approximate surface area is 123 Å². The molecule has 2 rings (SSSR count). The molecule has 5 nitrogen and oxygen atoms in total. The lowest BCUT2D eigenvalue weighted by molar-refractivity contribution is -0.121. The summed E-state index contributed by atoms with van der Waals surface area (Å²) in [5.41, 5.74) is 8.24. The Kier molecular flexibility index (Phi) is 4.77. The Morgan fingerprint density at radius 1 is 1.24 bits per heavy atom. The quantitative estimate of drug-likeness (QED) is 0.863. The van der Waals surface area contributed by atoms with Crippen molar-refractivity contribution < 1.29 is 4.79 Å². The van der Waals surface area contributed by atoms with Crippen LogP contribution in [0.25, 0.3) is 0 Å². The van der Waals surface area contributed by atoms with Crippen molar-refractivity contribution in [2.45, 2.75) is 19.9 Å². The molecule has 0 aliphatic rings. The van der Waals surface area contributed by atoms with Crippen LogP contribution in [0.5, 0.6) is 0 Å². The van der Waals surface area contributed by atoms with Gasteiger partial charge in [-0.3, -0.25) is 9.59 Å². The van der Waals surface area contributed by atoms with Crippen molar-refractivity contribution in [3.63, 3.8) is 0 Å². The molecule has 0 saturated carbocycles. The highest BCUT2D eigenvalue weighted by Gasteiger charge is 2.05. The summed E-state index contributed by atoms with van der Waals surface area (Å²) in [4.78, 5) is 23.4. The van der Waals surface area contributed by atoms with E-state index >= 15 is 0 Å². The highest BCUT2D eigenvalue weighted by Crippen LogP contribution is 2.06. The van der Waals surface area contributed by atoms with E-state index in [1.165, 1.54) is 34.0 Å². The van der Waals surface area contributed by atoms with E-state index in [9.17, 15) is 9.59 Å². The lowest BCUT2D eigenvalue weighted by atomic mass is 10.1. The second-order valence-corrected chi connectivity index (χ2v) is 4.96. The SMILES string of the molecule is Cc1ccccc1CCNC(=O)Cn1cc(N)ccc1=O. The summed E-state index contributed by atoms with van der Waals surface area (Å²) in [5.74, 6) is -0.198. The summed E-state index contributed by atoms with van der Waals surface area (Å²) in [7, 11) is 0. The molecule has 0 fully saturated rings. The number of carbonyl (C=O) groups is 1.